The van der Waals surface area contributed by atoms with E-state index in [0.29, 0.717) is 16.8 Å². The fourth-order valence-electron chi connectivity index (χ4n) is 3.04. The summed E-state index contributed by atoms with van der Waals surface area (Å²) in [4.78, 5) is 43.2. The highest BCUT2D eigenvalue weighted by atomic mass is 32.1. The van der Waals surface area contributed by atoms with Crippen molar-refractivity contribution in [2.75, 3.05) is 6.54 Å². The van der Waals surface area contributed by atoms with Crippen LogP contribution in [0.1, 0.15) is 18.7 Å². The maximum absolute atomic E-state index is 13.1. The molecule has 146 valence electrons. The second-order valence-corrected chi connectivity index (χ2v) is 7.64. The number of hydrogen-bond acceptors (Lipinski definition) is 5. The Morgan fingerprint density at radius 2 is 1.96 bits per heavy atom. The highest BCUT2D eigenvalue weighted by Crippen LogP contribution is 2.35. The van der Waals surface area contributed by atoms with Crippen LogP contribution in [0, 0.1) is 6.92 Å². The lowest BCUT2D eigenvalue weighted by Gasteiger charge is -2.14. The van der Waals surface area contributed by atoms with E-state index in [2.05, 4.69) is 15.6 Å². The molecule has 0 radical (unpaired) electrons. The molecule has 1 atom stereocenters. The van der Waals surface area contributed by atoms with Gasteiger partial charge in [0.15, 0.2) is 0 Å². The molecule has 1 aromatic carbocycles. The van der Waals surface area contributed by atoms with Crippen LogP contribution in [0.2, 0.25) is 0 Å². The van der Waals surface area contributed by atoms with Crippen molar-refractivity contribution in [3.05, 3.63) is 51.9 Å². The van der Waals surface area contributed by atoms with E-state index in [1.54, 1.807) is 13.8 Å². The Balaban J connectivity index is 1.92. The normalized spacial score (nSPS) is 12.0. The average Bonchev–Trinajstić information content (AvgIpc) is 3.01. The molecule has 2 N–H and O–H groups in total. The number of nitrogens with one attached hydrogen (secondary N) is 2. The lowest BCUT2D eigenvalue weighted by molar-refractivity contribution is -0.128. The van der Waals surface area contributed by atoms with Crippen LogP contribution in [-0.4, -0.2) is 34.0 Å². The molecule has 3 rings (SSSR count). The van der Waals surface area contributed by atoms with Crippen molar-refractivity contribution in [3.8, 4) is 11.1 Å². The molecule has 0 fully saturated rings. The van der Waals surface area contributed by atoms with E-state index < -0.39 is 11.9 Å². The van der Waals surface area contributed by atoms with Gasteiger partial charge in [-0.05, 0) is 26.3 Å². The van der Waals surface area contributed by atoms with E-state index in [0.717, 1.165) is 16.0 Å². The summed E-state index contributed by atoms with van der Waals surface area (Å²) in [7, 11) is 0. The first-order chi connectivity index (χ1) is 13.4. The molecular weight excluding hydrogens is 376 g/mol. The minimum absolute atomic E-state index is 0.200. The number of carbonyl (C=O) groups excluding carboxylic acids is 2. The number of likely N-dealkylation sites (N-methyl/N-ethyl adjacent to an activating group) is 1. The summed E-state index contributed by atoms with van der Waals surface area (Å²) in [6, 6.07) is 8.98. The van der Waals surface area contributed by atoms with Gasteiger partial charge in [-0.3, -0.25) is 19.0 Å². The van der Waals surface area contributed by atoms with E-state index in [1.165, 1.54) is 22.2 Å². The van der Waals surface area contributed by atoms with E-state index in [4.69, 9.17) is 0 Å². The number of aryl methyl sites for hydroxylation is 1. The number of hydrogen-bond donors (Lipinski definition) is 2. The number of carbonyl (C=O) groups is 2. The molecule has 0 aliphatic rings. The fraction of sp³-hybridized carbons (Fsp3) is 0.300. The molecule has 2 aromatic heterocycles. The number of benzene rings is 1. The van der Waals surface area contributed by atoms with Crippen molar-refractivity contribution in [1.29, 1.82) is 0 Å². The van der Waals surface area contributed by atoms with E-state index in [-0.39, 0.29) is 18.0 Å². The van der Waals surface area contributed by atoms with Gasteiger partial charge in [0.2, 0.25) is 11.8 Å². The van der Waals surface area contributed by atoms with Crippen molar-refractivity contribution in [2.45, 2.75) is 33.4 Å². The summed E-state index contributed by atoms with van der Waals surface area (Å²) in [5.74, 6) is -0.688. The maximum atomic E-state index is 13.1. The van der Waals surface area contributed by atoms with Gasteiger partial charge < -0.3 is 10.6 Å². The van der Waals surface area contributed by atoms with Crippen molar-refractivity contribution in [1.82, 2.24) is 20.2 Å². The third-order valence-electron chi connectivity index (χ3n) is 4.35. The van der Waals surface area contributed by atoms with Gasteiger partial charge in [0.1, 0.15) is 17.4 Å². The predicted molar refractivity (Wildman–Crippen MR) is 110 cm³/mol. The number of thiophene rings is 1. The van der Waals surface area contributed by atoms with Crippen LogP contribution in [0.25, 0.3) is 21.3 Å². The lowest BCUT2D eigenvalue weighted by atomic mass is 10.0. The van der Waals surface area contributed by atoms with Gasteiger partial charge in [-0.25, -0.2) is 4.98 Å². The molecule has 0 bridgehead atoms. The zero-order valence-electron chi connectivity index (χ0n) is 16.0. The second kappa shape index (κ2) is 8.35. The van der Waals surface area contributed by atoms with Crippen LogP contribution >= 0.6 is 11.3 Å². The highest BCUT2D eigenvalue weighted by molar-refractivity contribution is 7.19. The topological polar surface area (TPSA) is 93.1 Å². The lowest BCUT2D eigenvalue weighted by Crippen LogP contribution is -2.46. The molecule has 8 heteroatoms. The minimum Gasteiger partial charge on any atom is -0.355 e. The van der Waals surface area contributed by atoms with Gasteiger partial charge in [-0.15, -0.1) is 11.3 Å². The van der Waals surface area contributed by atoms with Gasteiger partial charge in [0.25, 0.3) is 5.56 Å². The molecular formula is C20H22N4O3S. The molecule has 28 heavy (non-hydrogen) atoms. The summed E-state index contributed by atoms with van der Waals surface area (Å²) in [5, 5.41) is 5.76. The summed E-state index contributed by atoms with van der Waals surface area (Å²) in [6.07, 6.45) is 1.38. The summed E-state index contributed by atoms with van der Waals surface area (Å²) >= 11 is 1.46. The van der Waals surface area contributed by atoms with E-state index in [1.807, 2.05) is 37.3 Å². The molecule has 2 heterocycles. The van der Waals surface area contributed by atoms with Crippen molar-refractivity contribution >= 4 is 33.4 Å². The Hall–Kier alpha value is -3.00. The largest absolute Gasteiger partial charge is 0.355 e. The average molecular weight is 398 g/mol. The van der Waals surface area contributed by atoms with Gasteiger partial charge in [0, 0.05) is 17.0 Å². The van der Waals surface area contributed by atoms with Crippen LogP contribution < -0.4 is 16.2 Å². The second-order valence-electron chi connectivity index (χ2n) is 6.44. The molecule has 0 aliphatic heterocycles. The molecule has 0 saturated heterocycles. The molecule has 3 aromatic rings. The Morgan fingerprint density at radius 3 is 2.64 bits per heavy atom. The van der Waals surface area contributed by atoms with Gasteiger partial charge in [0.05, 0.1) is 11.7 Å². The Morgan fingerprint density at radius 1 is 1.25 bits per heavy atom. The number of amides is 2. The first-order valence-electron chi connectivity index (χ1n) is 9.03. The van der Waals surface area contributed by atoms with Crippen molar-refractivity contribution in [3.63, 3.8) is 0 Å². The summed E-state index contributed by atoms with van der Waals surface area (Å²) in [6.45, 7) is 5.65. The number of aromatic nitrogens is 2. The van der Waals surface area contributed by atoms with Crippen LogP contribution in [0.4, 0.5) is 0 Å². The maximum Gasteiger partial charge on any atom is 0.263 e. The standard InChI is InChI=1S/C20H22N4O3S/c1-4-21-18(26)12(2)23-15(25)10-24-11-22-19-17(20(24)27)16(13(3)28-19)14-8-6-5-7-9-14/h5-9,11-12H,4,10H2,1-3H3,(H,21,26)(H,23,25)/t12-/m0/s1. The number of rotatable bonds is 6. The quantitative estimate of drug-likeness (QED) is 0.665. The van der Waals surface area contributed by atoms with E-state index >= 15 is 0 Å². The summed E-state index contributed by atoms with van der Waals surface area (Å²) in [5.41, 5.74) is 1.52. The molecule has 0 aliphatic carbocycles. The van der Waals surface area contributed by atoms with Crippen LogP contribution in [-0.2, 0) is 16.1 Å². The van der Waals surface area contributed by atoms with Crippen LogP contribution in [0.3, 0.4) is 0 Å². The van der Waals surface area contributed by atoms with Crippen LogP contribution in [0.15, 0.2) is 41.5 Å². The summed E-state index contributed by atoms with van der Waals surface area (Å²) < 4.78 is 1.28. The van der Waals surface area contributed by atoms with Crippen molar-refractivity contribution in [2.24, 2.45) is 0 Å². The smallest absolute Gasteiger partial charge is 0.263 e. The minimum atomic E-state index is -0.678. The Kier molecular flexibility index (Phi) is 5.89. The molecule has 2 amide bonds. The van der Waals surface area contributed by atoms with Gasteiger partial charge in [-0.2, -0.15) is 0 Å². The van der Waals surface area contributed by atoms with Gasteiger partial charge >= 0.3 is 0 Å². The first-order valence-corrected chi connectivity index (χ1v) is 9.85. The third-order valence-corrected chi connectivity index (χ3v) is 5.37. The number of nitrogens with zero attached hydrogens (tertiary/aromatic N) is 2. The Labute approximate surface area is 166 Å². The zero-order valence-corrected chi connectivity index (χ0v) is 16.8. The molecule has 0 saturated carbocycles. The number of fused-ring (bicyclic) bond motifs is 1. The van der Waals surface area contributed by atoms with Crippen molar-refractivity contribution < 1.29 is 9.59 Å². The third kappa shape index (κ3) is 3.96. The van der Waals surface area contributed by atoms with E-state index in [9.17, 15) is 14.4 Å². The highest BCUT2D eigenvalue weighted by Gasteiger charge is 2.19. The fourth-order valence-corrected chi connectivity index (χ4v) is 4.04. The molecule has 0 unspecified atom stereocenters. The zero-order chi connectivity index (χ0) is 20.3. The predicted octanol–water partition coefficient (Wildman–Crippen LogP) is 2.07. The molecule has 7 nitrogen and oxygen atoms in total. The monoisotopic (exact) mass is 398 g/mol. The van der Waals surface area contributed by atoms with Crippen LogP contribution in [0.5, 0.6) is 0 Å². The SMILES string of the molecule is CCNC(=O)[C@H](C)NC(=O)Cn1cnc2sc(C)c(-c3ccccc3)c2c1=O. The first kappa shape index (κ1) is 19.8. The Bertz CT molecular complexity index is 1070. The van der Waals surface area contributed by atoms with Gasteiger partial charge in [-0.1, -0.05) is 30.3 Å². The molecule has 0 spiro atoms.